The molecule has 0 saturated carbocycles. The van der Waals surface area contributed by atoms with Gasteiger partial charge in [-0.25, -0.2) is 0 Å². The van der Waals surface area contributed by atoms with Crippen molar-refractivity contribution in [1.29, 1.82) is 0 Å². The van der Waals surface area contributed by atoms with E-state index in [0.717, 1.165) is 34.0 Å². The van der Waals surface area contributed by atoms with Gasteiger partial charge in [-0.1, -0.05) is 53.8 Å². The highest BCUT2D eigenvalue weighted by Crippen LogP contribution is 2.37. The zero-order valence-corrected chi connectivity index (χ0v) is 20.3. The number of ether oxygens (including phenoxy) is 1. The average molecular weight is 414 g/mol. The maximum Gasteiger partial charge on any atom is 0.498 e. The molecule has 0 N–H and O–H groups in total. The van der Waals surface area contributed by atoms with Gasteiger partial charge in [-0.15, -0.1) is 0 Å². The topological polar surface area (TPSA) is 40.8 Å². The van der Waals surface area contributed by atoms with Gasteiger partial charge in [0.2, 0.25) is 0 Å². The van der Waals surface area contributed by atoms with Crippen LogP contribution in [0.2, 0.25) is 0 Å². The van der Waals surface area contributed by atoms with Crippen molar-refractivity contribution in [2.45, 2.75) is 86.5 Å². The molecule has 0 amide bonds. The highest BCUT2D eigenvalue weighted by atomic mass is 16.7. The Morgan fingerprint density at radius 3 is 2.10 bits per heavy atom. The second kappa shape index (κ2) is 10.9. The average Bonchev–Trinajstić information content (AvgIpc) is 3.29. The number of benzene rings is 1. The van der Waals surface area contributed by atoms with Crippen LogP contribution >= 0.6 is 0 Å². The summed E-state index contributed by atoms with van der Waals surface area (Å²) in [6, 6.07) is 6.01. The summed E-state index contributed by atoms with van der Waals surface area (Å²) >= 11 is 0. The van der Waals surface area contributed by atoms with E-state index in [1.165, 1.54) is 0 Å². The van der Waals surface area contributed by atoms with E-state index in [9.17, 15) is 0 Å². The van der Waals surface area contributed by atoms with E-state index in [0.29, 0.717) is 12.4 Å². The molecule has 4 nitrogen and oxygen atoms in total. The normalized spacial score (nSPS) is 16.2. The third kappa shape index (κ3) is 5.58. The smallest absolute Gasteiger partial charge is 0.489 e. The molecule has 3 rings (SSSR count). The van der Waals surface area contributed by atoms with E-state index in [1.807, 2.05) is 74.4 Å². The summed E-state index contributed by atoms with van der Waals surface area (Å²) in [6.45, 7) is 26.5. The Kier molecular flexibility index (Phi) is 9.45. The summed E-state index contributed by atoms with van der Waals surface area (Å²) < 4.78 is 23.9. The van der Waals surface area contributed by atoms with Gasteiger partial charge in [-0.2, -0.15) is 0 Å². The highest BCUT2D eigenvalue weighted by Gasteiger charge is 2.52. The number of furan rings is 1. The lowest BCUT2D eigenvalue weighted by atomic mass is 9.77. The minimum Gasteiger partial charge on any atom is -0.489 e. The van der Waals surface area contributed by atoms with Crippen molar-refractivity contribution in [1.82, 2.24) is 0 Å². The van der Waals surface area contributed by atoms with Crippen LogP contribution in [0, 0.1) is 0 Å². The van der Waals surface area contributed by atoms with Gasteiger partial charge in [0.1, 0.15) is 17.9 Å². The minimum atomic E-state index is -0.484. The monoisotopic (exact) mass is 414 g/mol. The Labute approximate surface area is 183 Å². The molecule has 0 spiro atoms. The standard InChI is InChI=1S/C21H27BO4.2C2H6/c1-8-14(2)15(3)24-13-16-11-17-9-10-23-19(17)18(12-16)22-25-20(4,5)21(6,7)26-22;2*1-2/h9-12H,2-3,8,13H2,1,4-7H3;2*1-2H3. The van der Waals surface area contributed by atoms with Gasteiger partial charge in [0, 0.05) is 10.8 Å². The van der Waals surface area contributed by atoms with Crippen molar-refractivity contribution in [2.75, 3.05) is 0 Å². The van der Waals surface area contributed by atoms with Crippen LogP contribution in [-0.2, 0) is 20.7 Å². The van der Waals surface area contributed by atoms with Gasteiger partial charge in [0.15, 0.2) is 0 Å². The molecule has 0 atom stereocenters. The molecule has 0 aliphatic carbocycles. The third-order valence-corrected chi connectivity index (χ3v) is 5.38. The Bertz CT molecular complexity index is 832. The first-order valence-corrected chi connectivity index (χ1v) is 11.0. The van der Waals surface area contributed by atoms with Gasteiger partial charge >= 0.3 is 7.12 Å². The van der Waals surface area contributed by atoms with Gasteiger partial charge in [0.25, 0.3) is 0 Å². The molecule has 5 heteroatoms. The zero-order chi connectivity index (χ0) is 23.1. The van der Waals surface area contributed by atoms with Crippen LogP contribution in [0.15, 0.2) is 53.4 Å². The highest BCUT2D eigenvalue weighted by molar-refractivity contribution is 6.64. The molecule has 1 saturated heterocycles. The van der Waals surface area contributed by atoms with E-state index >= 15 is 0 Å². The lowest BCUT2D eigenvalue weighted by molar-refractivity contribution is 0.00578. The maximum absolute atomic E-state index is 6.21. The van der Waals surface area contributed by atoms with Gasteiger partial charge in [-0.3, -0.25) is 0 Å². The molecule has 30 heavy (non-hydrogen) atoms. The van der Waals surface area contributed by atoms with E-state index in [4.69, 9.17) is 18.5 Å². The van der Waals surface area contributed by atoms with Crippen molar-refractivity contribution in [2.24, 2.45) is 0 Å². The number of allylic oxidation sites excluding steroid dienone is 1. The number of rotatable bonds is 6. The fourth-order valence-corrected chi connectivity index (χ4v) is 2.87. The Morgan fingerprint density at radius 1 is 1.00 bits per heavy atom. The second-order valence-electron chi connectivity index (χ2n) is 7.78. The lowest BCUT2D eigenvalue weighted by Crippen LogP contribution is -2.41. The van der Waals surface area contributed by atoms with Crippen molar-refractivity contribution >= 4 is 23.6 Å². The molecule has 1 aromatic heterocycles. The SMILES string of the molecule is C=C(CC)C(=C)OCc1cc(B2OC(C)(C)C(C)(C)O2)c2occc2c1.CC.CC. The lowest BCUT2D eigenvalue weighted by Gasteiger charge is -2.32. The van der Waals surface area contributed by atoms with E-state index < -0.39 is 18.3 Å². The molecule has 0 unspecified atom stereocenters. The van der Waals surface area contributed by atoms with Gasteiger partial charge < -0.3 is 18.5 Å². The van der Waals surface area contributed by atoms with Crippen LogP contribution in [0.3, 0.4) is 0 Å². The Morgan fingerprint density at radius 2 is 1.57 bits per heavy atom. The number of hydrogen-bond acceptors (Lipinski definition) is 4. The van der Waals surface area contributed by atoms with Crippen molar-refractivity contribution in [3.8, 4) is 0 Å². The van der Waals surface area contributed by atoms with Crippen LogP contribution in [0.1, 0.15) is 74.3 Å². The van der Waals surface area contributed by atoms with Crippen LogP contribution in [0.4, 0.5) is 0 Å². The molecular weight excluding hydrogens is 375 g/mol. The fourth-order valence-electron chi connectivity index (χ4n) is 2.87. The third-order valence-electron chi connectivity index (χ3n) is 5.38. The molecule has 1 fully saturated rings. The molecule has 0 radical (unpaired) electrons. The summed E-state index contributed by atoms with van der Waals surface area (Å²) in [5, 5.41) is 0.996. The van der Waals surface area contributed by atoms with Crippen LogP contribution in [0.25, 0.3) is 11.0 Å². The molecular formula is C25H39BO4. The van der Waals surface area contributed by atoms with Gasteiger partial charge in [0.05, 0.1) is 17.5 Å². The maximum atomic E-state index is 6.21. The first-order valence-electron chi connectivity index (χ1n) is 11.0. The van der Waals surface area contributed by atoms with Crippen molar-refractivity contribution < 1.29 is 18.5 Å². The fraction of sp³-hybridized carbons (Fsp3) is 0.520. The van der Waals surface area contributed by atoms with Crippen LogP contribution in [0.5, 0.6) is 0 Å². The molecule has 0 bridgehead atoms. The number of fused-ring (bicyclic) bond motifs is 1. The summed E-state index contributed by atoms with van der Waals surface area (Å²) in [5.74, 6) is 0.622. The minimum absolute atomic E-state index is 0.407. The summed E-state index contributed by atoms with van der Waals surface area (Å²) in [6.07, 6.45) is 2.50. The summed E-state index contributed by atoms with van der Waals surface area (Å²) in [4.78, 5) is 0. The zero-order valence-electron chi connectivity index (χ0n) is 20.3. The van der Waals surface area contributed by atoms with Crippen molar-refractivity contribution in [3.63, 3.8) is 0 Å². The first kappa shape index (κ1) is 26.1. The molecule has 2 aromatic rings. The molecule has 1 aliphatic rings. The predicted molar refractivity (Wildman–Crippen MR) is 128 cm³/mol. The molecule has 1 aliphatic heterocycles. The summed E-state index contributed by atoms with van der Waals surface area (Å²) in [7, 11) is -0.484. The molecule has 166 valence electrons. The van der Waals surface area contributed by atoms with Crippen LogP contribution < -0.4 is 5.46 Å². The molecule has 2 heterocycles. The quantitative estimate of drug-likeness (QED) is 0.297. The molecule has 1 aromatic carbocycles. The van der Waals surface area contributed by atoms with E-state index in [-0.39, 0.29) is 0 Å². The summed E-state index contributed by atoms with van der Waals surface area (Å²) in [5.41, 5.74) is 2.76. The van der Waals surface area contributed by atoms with E-state index in [1.54, 1.807) is 6.26 Å². The van der Waals surface area contributed by atoms with Crippen molar-refractivity contribution in [3.05, 3.63) is 54.5 Å². The van der Waals surface area contributed by atoms with E-state index in [2.05, 4.69) is 19.2 Å². The Balaban J connectivity index is 0.00000106. The second-order valence-corrected chi connectivity index (χ2v) is 7.78. The van der Waals surface area contributed by atoms with Crippen LogP contribution in [-0.4, -0.2) is 18.3 Å². The first-order chi connectivity index (χ1) is 14.1. The predicted octanol–water partition coefficient (Wildman–Crippen LogP) is 6.78. The largest absolute Gasteiger partial charge is 0.498 e. The van der Waals surface area contributed by atoms with Gasteiger partial charge in [-0.05, 0) is 57.4 Å². The number of hydrogen-bond donors (Lipinski definition) is 0. The Hall–Kier alpha value is -1.98.